The van der Waals surface area contributed by atoms with E-state index in [4.69, 9.17) is 29.9 Å². The number of benzene rings is 12. The molecule has 24 rings (SSSR count). The minimum atomic E-state index is -0.152. The largest absolute Gasteiger partial charge is 2.00 e. The molecule has 18 heteroatoms. The standard InChI is InChI=1S/C55H48N8.C47H36N8.2Pt/c1-52(2,3)31-18-23-40-44(26-31)62-45-27-32(53(4,5)6)19-24-42(45)59(50(62)58-40)34-21-25-43-46(29-34)60(51-57-39-16-11-12-17-41(39)61(43)51)33-20-22-35-36-14-13-15-38-48(36)63-47(55(9,10)54(38,7)8)30-56-49(63)37(35)28-33;1-29(2)34-15-12-16-35(30(3)4)44(34)51-26-25-48-45(51)31-13-11-14-32(27-31)53-43-28-33(23-24-42(43)55-39-20-8-6-18-37(39)50-47(53)55)52-40-21-9-10-22-41(40)54-38-19-7-5-17-36(38)49-46(52)54;;/h11-27,30H,1-10H3;5-26,29-30H,1-4H3;;/q2*-2;2*+2. The number of hydrogen-bond acceptors (Lipinski definition) is 6. The van der Waals surface area contributed by atoms with Crippen molar-refractivity contribution < 1.29 is 42.1 Å². The van der Waals surface area contributed by atoms with Crippen LogP contribution in [0.3, 0.4) is 0 Å². The predicted molar refractivity (Wildman–Crippen MR) is 479 cm³/mol. The van der Waals surface area contributed by atoms with Gasteiger partial charge in [0, 0.05) is 46.3 Å². The number of para-hydroxylation sites is 10. The Balaban J connectivity index is 0.000000147. The molecule has 0 unspecified atom stereocenters. The number of pyridine rings is 1. The van der Waals surface area contributed by atoms with Crippen molar-refractivity contribution in [1.29, 1.82) is 0 Å². The zero-order valence-electron chi connectivity index (χ0n) is 69.0. The Labute approximate surface area is 721 Å². The van der Waals surface area contributed by atoms with E-state index in [-0.39, 0.29) is 63.8 Å². The van der Waals surface area contributed by atoms with Gasteiger partial charge >= 0.3 is 42.1 Å². The maximum Gasteiger partial charge on any atom is 2.00 e. The minimum absolute atomic E-state index is 0. The van der Waals surface area contributed by atoms with Gasteiger partial charge in [-0.15, -0.1) is 84.4 Å². The van der Waals surface area contributed by atoms with E-state index >= 15 is 0 Å². The van der Waals surface area contributed by atoms with E-state index in [1.54, 1.807) is 0 Å². The Bertz CT molecular complexity index is 8230. The first-order valence-corrected chi connectivity index (χ1v) is 41.0. The molecule has 0 aliphatic carbocycles. The van der Waals surface area contributed by atoms with Gasteiger partial charge in [-0.1, -0.05) is 216 Å². The second kappa shape index (κ2) is 26.5. The average Bonchev–Trinajstić information content (AvgIpc) is 1.33. The van der Waals surface area contributed by atoms with E-state index in [0.29, 0.717) is 11.8 Å². The fraction of sp³-hybridized carbons (Fsp3) is 0.196. The molecule has 120 heavy (non-hydrogen) atoms. The van der Waals surface area contributed by atoms with Crippen LogP contribution >= 0.6 is 0 Å². The van der Waals surface area contributed by atoms with Gasteiger partial charge < -0.3 is 36.0 Å². The van der Waals surface area contributed by atoms with Crippen molar-refractivity contribution in [1.82, 2.24) is 74.7 Å². The van der Waals surface area contributed by atoms with Gasteiger partial charge in [-0.25, -0.2) is 19.9 Å². The molecule has 0 bridgehead atoms. The summed E-state index contributed by atoms with van der Waals surface area (Å²) in [6, 6.07) is 95.5. The van der Waals surface area contributed by atoms with Gasteiger partial charge in [0.05, 0.1) is 77.7 Å². The van der Waals surface area contributed by atoms with E-state index in [2.05, 4.69) is 391 Å². The van der Waals surface area contributed by atoms with Gasteiger partial charge in [0.2, 0.25) is 23.1 Å². The molecular formula is C102H84N16Pt2. The van der Waals surface area contributed by atoms with Crippen molar-refractivity contribution in [2.75, 3.05) is 0 Å². The maximum absolute atomic E-state index is 5.36. The second-order valence-electron chi connectivity index (χ2n) is 35.9. The van der Waals surface area contributed by atoms with E-state index in [0.717, 1.165) is 162 Å². The number of imidazole rings is 10. The number of hydrogen-bond donors (Lipinski definition) is 0. The molecule has 0 amide bonds. The van der Waals surface area contributed by atoms with Crippen LogP contribution in [0.5, 0.6) is 0 Å². The van der Waals surface area contributed by atoms with Crippen molar-refractivity contribution in [3.63, 3.8) is 0 Å². The smallest absolute Gasteiger partial charge is 0.340 e. The molecule has 1 aliphatic rings. The van der Waals surface area contributed by atoms with Gasteiger partial charge in [0.15, 0.2) is 0 Å². The van der Waals surface area contributed by atoms with E-state index in [1.165, 1.54) is 50.1 Å². The van der Waals surface area contributed by atoms with Gasteiger partial charge in [-0.2, -0.15) is 0 Å². The van der Waals surface area contributed by atoms with Crippen molar-refractivity contribution in [3.8, 4) is 39.8 Å². The molecule has 12 aromatic carbocycles. The summed E-state index contributed by atoms with van der Waals surface area (Å²) in [4.78, 5) is 31.2. The Morgan fingerprint density at radius 2 is 0.825 bits per heavy atom. The summed E-state index contributed by atoms with van der Waals surface area (Å²) in [5, 5.41) is 3.33. The van der Waals surface area contributed by atoms with E-state index < -0.39 is 0 Å². The van der Waals surface area contributed by atoms with E-state index in [9.17, 15) is 0 Å². The topological polar surface area (TPSA) is 124 Å². The third-order valence-corrected chi connectivity index (χ3v) is 25.9. The Kier molecular flexibility index (Phi) is 16.6. The number of nitrogens with zero attached hydrogens (tertiary/aromatic N) is 16. The summed E-state index contributed by atoms with van der Waals surface area (Å²) in [7, 11) is 0. The van der Waals surface area contributed by atoms with E-state index in [1.807, 2.05) is 18.3 Å². The second-order valence-corrected chi connectivity index (χ2v) is 35.9. The van der Waals surface area contributed by atoms with Crippen LogP contribution in [-0.2, 0) is 63.8 Å². The minimum Gasteiger partial charge on any atom is -0.340 e. The normalized spacial score (nSPS) is 13.7. The number of fused-ring (bicyclic) bond motifs is 23. The molecular weight excluding hydrogens is 1840 g/mol. The van der Waals surface area contributed by atoms with Crippen LogP contribution < -0.4 is 0 Å². The van der Waals surface area contributed by atoms with Crippen LogP contribution in [0.2, 0.25) is 0 Å². The van der Waals surface area contributed by atoms with Crippen molar-refractivity contribution in [2.45, 2.75) is 130 Å². The first-order chi connectivity index (χ1) is 57.0. The molecule has 0 saturated heterocycles. The summed E-state index contributed by atoms with van der Waals surface area (Å²) < 4.78 is 22.6. The molecule has 16 nitrogen and oxygen atoms in total. The molecule has 1 aliphatic heterocycles. The van der Waals surface area contributed by atoms with Gasteiger partial charge in [0.25, 0.3) is 0 Å². The first kappa shape index (κ1) is 75.0. The summed E-state index contributed by atoms with van der Waals surface area (Å²) in [5.74, 6) is 4.83. The fourth-order valence-corrected chi connectivity index (χ4v) is 19.1. The first-order valence-electron chi connectivity index (χ1n) is 41.0. The maximum atomic E-state index is 5.36. The van der Waals surface area contributed by atoms with Crippen molar-refractivity contribution in [2.24, 2.45) is 0 Å². The molecule has 0 fully saturated rings. The molecule has 11 aromatic heterocycles. The summed E-state index contributed by atoms with van der Waals surface area (Å²) >= 11 is 0. The summed E-state index contributed by atoms with van der Waals surface area (Å²) in [6.45, 7) is 32.1. The Morgan fingerprint density at radius 3 is 1.40 bits per heavy atom. The third kappa shape index (κ3) is 10.6. The molecule has 0 N–H and O–H groups in total. The zero-order valence-corrected chi connectivity index (χ0v) is 73.6. The van der Waals surface area contributed by atoms with Crippen LogP contribution in [0.25, 0.3) is 179 Å². The van der Waals surface area contributed by atoms with Crippen LogP contribution in [-0.4, -0.2) is 74.7 Å². The summed E-state index contributed by atoms with van der Waals surface area (Å²) in [6.07, 6.45) is 6.06. The van der Waals surface area contributed by atoms with Crippen LogP contribution in [0.15, 0.2) is 243 Å². The van der Waals surface area contributed by atoms with Crippen LogP contribution in [0.1, 0.15) is 142 Å². The molecule has 0 saturated carbocycles. The van der Waals surface area contributed by atoms with Gasteiger partial charge in [-0.05, 0) is 162 Å². The third-order valence-electron chi connectivity index (χ3n) is 25.9. The molecule has 592 valence electrons. The molecule has 0 radical (unpaired) electrons. The predicted octanol–water partition coefficient (Wildman–Crippen LogP) is 23.8. The molecule has 0 atom stereocenters. The van der Waals surface area contributed by atoms with Crippen molar-refractivity contribution in [3.05, 3.63) is 301 Å². The fourth-order valence-electron chi connectivity index (χ4n) is 19.1. The average molecular weight is 1920 g/mol. The van der Waals surface area contributed by atoms with Crippen LogP contribution in [0, 0.1) is 24.3 Å². The zero-order chi connectivity index (χ0) is 80.2. The van der Waals surface area contributed by atoms with Crippen molar-refractivity contribution >= 4 is 139 Å². The number of aromatic nitrogens is 16. The summed E-state index contributed by atoms with van der Waals surface area (Å²) in [5.41, 5.74) is 31.4. The Morgan fingerprint density at radius 1 is 0.367 bits per heavy atom. The van der Waals surface area contributed by atoms with Gasteiger partial charge in [0.1, 0.15) is 0 Å². The quantitative estimate of drug-likeness (QED) is 0.110. The molecule has 12 heterocycles. The Hall–Kier alpha value is -12.5. The van der Waals surface area contributed by atoms with Gasteiger partial charge in [-0.3, -0.25) is 18.8 Å². The van der Waals surface area contributed by atoms with Crippen LogP contribution in [0.4, 0.5) is 0 Å². The SMILES string of the molecule is CC(C)(C)c1ccc2nc3n(-c4[c-]c5c(cc4)n4c6ccccc6nc4n5-c4[c-]c5c(cc4)c4cccc6c4n4c(cnc54)C(C)(C)C6(C)C)c4ccc(C(C)(C)C)cc4n3c2c1.CC(C)c1cccc(C(C)C)c1-n1ccnc1-c1[c-]c(-n2c3[c-]c(-n4c5ccccc5n5c6ccccc6nc45)ccc3n3c4ccccc4nc23)ccc1.[Pt+2].[Pt+2]. The molecule has 23 aromatic rings. The monoisotopic (exact) mass is 1920 g/mol. The number of rotatable bonds is 8. The molecule has 0 spiro atoms.